The van der Waals surface area contributed by atoms with Gasteiger partial charge in [0.1, 0.15) is 6.54 Å². The van der Waals surface area contributed by atoms with Crippen LogP contribution in [0.15, 0.2) is 43.0 Å². The Hall–Kier alpha value is -2.93. The smallest absolute Gasteiger partial charge is 0.239 e. The third-order valence-corrected chi connectivity index (χ3v) is 4.26. The summed E-state index contributed by atoms with van der Waals surface area (Å²) in [4.78, 5) is 15.4. The molecule has 1 aromatic carbocycles. The highest BCUT2D eigenvalue weighted by molar-refractivity contribution is 5.74. The molecular formula is C17H18N6O. The molecule has 0 atom stereocenters. The zero-order chi connectivity index (χ0) is 16.5. The van der Waals surface area contributed by atoms with E-state index in [2.05, 4.69) is 15.4 Å². The summed E-state index contributed by atoms with van der Waals surface area (Å²) in [6, 6.07) is 8.15. The predicted molar refractivity (Wildman–Crippen MR) is 89.4 cm³/mol. The first-order valence-corrected chi connectivity index (χ1v) is 7.89. The molecule has 122 valence electrons. The van der Waals surface area contributed by atoms with Crippen LogP contribution in [0.1, 0.15) is 11.3 Å². The Morgan fingerprint density at radius 2 is 2.12 bits per heavy atom. The number of primary amides is 1. The first-order chi connectivity index (χ1) is 11.7. The quantitative estimate of drug-likeness (QED) is 0.745. The van der Waals surface area contributed by atoms with E-state index >= 15 is 0 Å². The first-order valence-electron chi connectivity index (χ1n) is 7.89. The predicted octanol–water partition coefficient (Wildman–Crippen LogP) is 0.867. The lowest BCUT2D eigenvalue weighted by atomic mass is 10.0. The average Bonchev–Trinajstić information content (AvgIpc) is 3.24. The van der Waals surface area contributed by atoms with Gasteiger partial charge >= 0.3 is 0 Å². The molecule has 24 heavy (non-hydrogen) atoms. The number of nitrogens with zero attached hydrogens (tertiary/aromatic N) is 4. The Kier molecular flexibility index (Phi) is 3.62. The van der Waals surface area contributed by atoms with Gasteiger partial charge < -0.3 is 15.6 Å². The van der Waals surface area contributed by atoms with E-state index in [0.717, 1.165) is 47.7 Å². The molecule has 1 aliphatic rings. The number of carbonyl (C=O) groups excluding carboxylic acids is 1. The number of rotatable bonds is 4. The van der Waals surface area contributed by atoms with E-state index in [4.69, 9.17) is 5.73 Å². The summed E-state index contributed by atoms with van der Waals surface area (Å²) >= 11 is 0. The second-order valence-electron chi connectivity index (χ2n) is 5.84. The minimum absolute atomic E-state index is 0.120. The van der Waals surface area contributed by atoms with E-state index in [0.29, 0.717) is 0 Å². The normalized spacial score (nSPS) is 13.7. The van der Waals surface area contributed by atoms with Crippen molar-refractivity contribution in [2.75, 3.05) is 6.54 Å². The molecule has 0 saturated heterocycles. The van der Waals surface area contributed by atoms with Gasteiger partial charge in [-0.3, -0.25) is 9.48 Å². The molecule has 3 aromatic rings. The molecule has 3 heterocycles. The molecule has 1 aliphatic heterocycles. The number of hydrogen-bond acceptors (Lipinski definition) is 4. The lowest BCUT2D eigenvalue weighted by molar-refractivity contribution is -0.118. The lowest BCUT2D eigenvalue weighted by Crippen LogP contribution is -2.27. The fourth-order valence-corrected chi connectivity index (χ4v) is 3.13. The summed E-state index contributed by atoms with van der Waals surface area (Å²) in [5, 5.41) is 8.02. The van der Waals surface area contributed by atoms with Gasteiger partial charge in [0.15, 0.2) is 0 Å². The Bertz CT molecular complexity index is 863. The molecule has 0 bridgehead atoms. The average molecular weight is 322 g/mol. The standard InChI is InChI=1S/C17H18N6O/c18-16(24)10-23-15-5-6-19-9-14(15)17(21-23)12-1-3-13(4-2-12)22-8-7-20-11-22/h1-4,7-8,11,19H,5-6,9-10H2,(H2,18,24). The minimum Gasteiger partial charge on any atom is -0.368 e. The van der Waals surface area contributed by atoms with E-state index in [1.54, 1.807) is 17.2 Å². The molecule has 0 saturated carbocycles. The van der Waals surface area contributed by atoms with Gasteiger partial charge in [-0.25, -0.2) is 4.98 Å². The maximum Gasteiger partial charge on any atom is 0.239 e. The highest BCUT2D eigenvalue weighted by atomic mass is 16.1. The molecule has 7 nitrogen and oxygen atoms in total. The van der Waals surface area contributed by atoms with Crippen LogP contribution in [-0.4, -0.2) is 31.8 Å². The van der Waals surface area contributed by atoms with Crippen LogP contribution >= 0.6 is 0 Å². The molecule has 0 radical (unpaired) electrons. The summed E-state index contributed by atoms with van der Waals surface area (Å²) in [5.41, 5.74) is 10.6. The number of amides is 1. The molecule has 0 aliphatic carbocycles. The van der Waals surface area contributed by atoms with E-state index < -0.39 is 0 Å². The molecule has 2 aromatic heterocycles. The van der Waals surface area contributed by atoms with Crippen molar-refractivity contribution in [2.24, 2.45) is 5.73 Å². The molecule has 4 rings (SSSR count). The van der Waals surface area contributed by atoms with Crippen LogP contribution in [-0.2, 0) is 24.3 Å². The number of fused-ring (bicyclic) bond motifs is 1. The number of nitrogens with two attached hydrogens (primary N) is 1. The van der Waals surface area contributed by atoms with Gasteiger partial charge in [-0.05, 0) is 12.1 Å². The van der Waals surface area contributed by atoms with Crippen molar-refractivity contribution < 1.29 is 4.79 Å². The number of nitrogens with one attached hydrogen (secondary N) is 1. The van der Waals surface area contributed by atoms with Crippen LogP contribution in [0.5, 0.6) is 0 Å². The molecular weight excluding hydrogens is 304 g/mol. The van der Waals surface area contributed by atoms with Gasteiger partial charge in [-0.2, -0.15) is 5.10 Å². The Balaban J connectivity index is 1.73. The number of hydrogen-bond donors (Lipinski definition) is 2. The van der Waals surface area contributed by atoms with Crippen molar-refractivity contribution in [3.05, 3.63) is 54.2 Å². The zero-order valence-corrected chi connectivity index (χ0v) is 13.1. The van der Waals surface area contributed by atoms with Crippen molar-refractivity contribution in [3.8, 4) is 16.9 Å². The van der Waals surface area contributed by atoms with Crippen molar-refractivity contribution in [1.29, 1.82) is 0 Å². The van der Waals surface area contributed by atoms with E-state index in [9.17, 15) is 4.79 Å². The summed E-state index contributed by atoms with van der Waals surface area (Å²) in [5.74, 6) is -0.374. The van der Waals surface area contributed by atoms with E-state index in [1.165, 1.54) is 0 Å². The Morgan fingerprint density at radius 1 is 1.29 bits per heavy atom. The largest absolute Gasteiger partial charge is 0.368 e. The molecule has 0 spiro atoms. The third-order valence-electron chi connectivity index (χ3n) is 4.26. The Labute approximate surface area is 139 Å². The van der Waals surface area contributed by atoms with E-state index in [1.807, 2.05) is 35.0 Å². The summed E-state index contributed by atoms with van der Waals surface area (Å²) < 4.78 is 3.70. The number of aromatic nitrogens is 4. The highest BCUT2D eigenvalue weighted by Gasteiger charge is 2.22. The minimum atomic E-state index is -0.374. The number of imidazole rings is 1. The van der Waals surface area contributed by atoms with Gasteiger partial charge in [0.05, 0.1) is 12.0 Å². The molecule has 0 fully saturated rings. The fourth-order valence-electron chi connectivity index (χ4n) is 3.13. The highest BCUT2D eigenvalue weighted by Crippen LogP contribution is 2.28. The van der Waals surface area contributed by atoms with Crippen molar-refractivity contribution in [1.82, 2.24) is 24.6 Å². The fraction of sp³-hybridized carbons (Fsp3) is 0.235. The topological polar surface area (TPSA) is 90.8 Å². The van der Waals surface area contributed by atoms with Crippen LogP contribution in [0.4, 0.5) is 0 Å². The number of carbonyl (C=O) groups is 1. The molecule has 1 amide bonds. The molecule has 3 N–H and O–H groups in total. The second kappa shape index (κ2) is 5.93. The first kappa shape index (κ1) is 14.6. The zero-order valence-electron chi connectivity index (χ0n) is 13.1. The maximum absolute atomic E-state index is 11.3. The summed E-state index contributed by atoms with van der Waals surface area (Å²) in [7, 11) is 0. The van der Waals surface area contributed by atoms with Crippen molar-refractivity contribution in [2.45, 2.75) is 19.5 Å². The van der Waals surface area contributed by atoms with Gasteiger partial charge in [-0.15, -0.1) is 0 Å². The van der Waals surface area contributed by atoms with Crippen LogP contribution < -0.4 is 11.1 Å². The van der Waals surface area contributed by atoms with Gasteiger partial charge in [0.25, 0.3) is 0 Å². The SMILES string of the molecule is NC(=O)Cn1nc(-c2ccc(-n3ccnc3)cc2)c2c1CCNC2. The van der Waals surface area contributed by atoms with Gasteiger partial charge in [0, 0.05) is 54.4 Å². The van der Waals surface area contributed by atoms with Crippen LogP contribution in [0.3, 0.4) is 0 Å². The van der Waals surface area contributed by atoms with Crippen molar-refractivity contribution in [3.63, 3.8) is 0 Å². The van der Waals surface area contributed by atoms with Crippen LogP contribution in [0, 0.1) is 0 Å². The summed E-state index contributed by atoms with van der Waals surface area (Å²) in [6.45, 7) is 1.76. The Morgan fingerprint density at radius 3 is 2.83 bits per heavy atom. The summed E-state index contributed by atoms with van der Waals surface area (Å²) in [6.07, 6.45) is 6.27. The lowest BCUT2D eigenvalue weighted by Gasteiger charge is -2.15. The van der Waals surface area contributed by atoms with Crippen molar-refractivity contribution >= 4 is 5.91 Å². The van der Waals surface area contributed by atoms with Gasteiger partial charge in [-0.1, -0.05) is 12.1 Å². The molecule has 7 heteroatoms. The monoisotopic (exact) mass is 322 g/mol. The van der Waals surface area contributed by atoms with Gasteiger partial charge in [0.2, 0.25) is 5.91 Å². The number of benzene rings is 1. The van der Waals surface area contributed by atoms with Crippen LogP contribution in [0.25, 0.3) is 16.9 Å². The van der Waals surface area contributed by atoms with Crippen LogP contribution in [0.2, 0.25) is 0 Å². The van der Waals surface area contributed by atoms with E-state index in [-0.39, 0.29) is 12.5 Å². The second-order valence-corrected chi connectivity index (χ2v) is 5.84. The maximum atomic E-state index is 11.3. The molecule has 0 unspecified atom stereocenters. The third kappa shape index (κ3) is 2.59.